The monoisotopic (exact) mass is 379 g/mol. The quantitative estimate of drug-likeness (QED) is 0.366. The van der Waals surface area contributed by atoms with Gasteiger partial charge in [-0.05, 0) is 37.0 Å². The van der Waals surface area contributed by atoms with E-state index in [1.807, 2.05) is 13.8 Å². The summed E-state index contributed by atoms with van der Waals surface area (Å²) in [4.78, 5) is 16.6. The predicted molar refractivity (Wildman–Crippen MR) is 101 cm³/mol. The van der Waals surface area contributed by atoms with Gasteiger partial charge in [0.05, 0.1) is 5.56 Å². The third kappa shape index (κ3) is 6.89. The van der Waals surface area contributed by atoms with Crippen LogP contribution < -0.4 is 0 Å². The van der Waals surface area contributed by atoms with Crippen molar-refractivity contribution >= 4 is 11.5 Å². The van der Waals surface area contributed by atoms with Crippen LogP contribution in [0.25, 0.3) is 0 Å². The van der Waals surface area contributed by atoms with Gasteiger partial charge in [-0.2, -0.15) is 13.2 Å². The van der Waals surface area contributed by atoms with Crippen molar-refractivity contribution in [1.29, 1.82) is 0 Å². The standard InChI is InChI=1S/C19H18F3NO2.C2H6/c1-13(23-25-2)18(24)16-10-8-14(9-11-16)6-7-15-4-3-5-17(12-15)19(20,21)22;1-2/h3-5,8-12H,6-7H2,1-2H3;1-2H3/b23-13+;. The molecule has 0 spiro atoms. The molecule has 0 N–H and O–H groups in total. The van der Waals surface area contributed by atoms with E-state index in [1.54, 1.807) is 37.3 Å². The molecule has 6 heteroatoms. The van der Waals surface area contributed by atoms with Crippen molar-refractivity contribution in [3.8, 4) is 0 Å². The number of aryl methyl sites for hydroxylation is 2. The van der Waals surface area contributed by atoms with Crippen LogP contribution in [-0.2, 0) is 23.9 Å². The Balaban J connectivity index is 0.00000176. The minimum absolute atomic E-state index is 0.230. The van der Waals surface area contributed by atoms with Crippen molar-refractivity contribution in [3.63, 3.8) is 0 Å². The topological polar surface area (TPSA) is 38.7 Å². The second-order valence-electron chi connectivity index (χ2n) is 5.58. The fourth-order valence-electron chi connectivity index (χ4n) is 2.40. The zero-order valence-electron chi connectivity index (χ0n) is 15.9. The maximum Gasteiger partial charge on any atom is 0.416 e. The first-order valence-corrected chi connectivity index (χ1v) is 8.69. The largest absolute Gasteiger partial charge is 0.416 e. The number of hydrogen-bond acceptors (Lipinski definition) is 3. The van der Waals surface area contributed by atoms with E-state index in [0.29, 0.717) is 24.0 Å². The number of halogens is 3. The summed E-state index contributed by atoms with van der Waals surface area (Å²) in [6.07, 6.45) is -3.26. The number of carbonyl (C=O) groups is 1. The van der Waals surface area contributed by atoms with E-state index in [2.05, 4.69) is 9.99 Å². The first-order valence-electron chi connectivity index (χ1n) is 8.69. The minimum atomic E-state index is -4.33. The van der Waals surface area contributed by atoms with E-state index in [4.69, 9.17) is 0 Å². The van der Waals surface area contributed by atoms with Crippen molar-refractivity contribution < 1.29 is 22.8 Å². The van der Waals surface area contributed by atoms with E-state index >= 15 is 0 Å². The van der Waals surface area contributed by atoms with E-state index in [0.717, 1.165) is 11.6 Å². The van der Waals surface area contributed by atoms with Gasteiger partial charge in [0.25, 0.3) is 0 Å². The second kappa shape index (κ2) is 10.5. The number of nitrogens with zero attached hydrogens (tertiary/aromatic N) is 1. The minimum Gasteiger partial charge on any atom is -0.399 e. The molecule has 0 heterocycles. The lowest BCUT2D eigenvalue weighted by molar-refractivity contribution is -0.137. The molecule has 27 heavy (non-hydrogen) atoms. The molecule has 2 aromatic carbocycles. The van der Waals surface area contributed by atoms with Gasteiger partial charge < -0.3 is 4.84 Å². The summed E-state index contributed by atoms with van der Waals surface area (Å²) in [5.74, 6) is -0.230. The molecule has 3 nitrogen and oxygen atoms in total. The third-order valence-electron chi connectivity index (χ3n) is 3.73. The van der Waals surface area contributed by atoms with Crippen LogP contribution in [0, 0.1) is 0 Å². The molecule has 0 fully saturated rings. The molecule has 0 amide bonds. The average Bonchev–Trinajstić information content (AvgIpc) is 2.67. The van der Waals surface area contributed by atoms with Crippen molar-refractivity contribution in [2.75, 3.05) is 7.11 Å². The van der Waals surface area contributed by atoms with Gasteiger partial charge in [-0.25, -0.2) is 0 Å². The smallest absolute Gasteiger partial charge is 0.399 e. The summed E-state index contributed by atoms with van der Waals surface area (Å²) in [7, 11) is 1.37. The summed E-state index contributed by atoms with van der Waals surface area (Å²) in [5.41, 5.74) is 1.66. The normalized spacial score (nSPS) is 11.4. The van der Waals surface area contributed by atoms with Crippen LogP contribution in [0.15, 0.2) is 53.7 Å². The van der Waals surface area contributed by atoms with Gasteiger partial charge in [0.15, 0.2) is 0 Å². The molecule has 0 aromatic heterocycles. The molecule has 0 aliphatic rings. The third-order valence-corrected chi connectivity index (χ3v) is 3.73. The summed E-state index contributed by atoms with van der Waals surface area (Å²) in [6, 6.07) is 12.3. The lowest BCUT2D eigenvalue weighted by atomic mass is 10.00. The van der Waals surface area contributed by atoms with Crippen LogP contribution in [0.2, 0.25) is 0 Å². The summed E-state index contributed by atoms with van der Waals surface area (Å²) < 4.78 is 38.2. The molecule has 0 atom stereocenters. The number of rotatable bonds is 6. The first-order chi connectivity index (χ1) is 12.8. The number of alkyl halides is 3. The van der Waals surface area contributed by atoms with E-state index in [-0.39, 0.29) is 11.5 Å². The van der Waals surface area contributed by atoms with Gasteiger partial charge in [-0.15, -0.1) is 0 Å². The Labute approximate surface area is 157 Å². The molecule has 0 saturated carbocycles. The highest BCUT2D eigenvalue weighted by Crippen LogP contribution is 2.29. The molecule has 0 saturated heterocycles. The Morgan fingerprint density at radius 2 is 1.59 bits per heavy atom. The lowest BCUT2D eigenvalue weighted by Gasteiger charge is -2.09. The maximum absolute atomic E-state index is 12.7. The van der Waals surface area contributed by atoms with Crippen LogP contribution in [-0.4, -0.2) is 18.6 Å². The van der Waals surface area contributed by atoms with Gasteiger partial charge in [-0.3, -0.25) is 4.79 Å². The zero-order chi connectivity index (χ0) is 20.4. The maximum atomic E-state index is 12.7. The van der Waals surface area contributed by atoms with Crippen molar-refractivity contribution in [2.24, 2.45) is 5.16 Å². The van der Waals surface area contributed by atoms with Crippen LogP contribution in [0.5, 0.6) is 0 Å². The van der Waals surface area contributed by atoms with E-state index in [1.165, 1.54) is 19.2 Å². The van der Waals surface area contributed by atoms with Crippen molar-refractivity contribution in [3.05, 3.63) is 70.8 Å². The SMILES string of the molecule is CC.CO/N=C(\C)C(=O)c1ccc(CCc2cccc(C(F)(F)F)c2)cc1. The number of carbonyl (C=O) groups excluding carboxylic acids is 1. The number of hydrogen-bond donors (Lipinski definition) is 0. The Bertz CT molecular complexity index is 766. The summed E-state index contributed by atoms with van der Waals surface area (Å²) in [5, 5.41) is 3.60. The van der Waals surface area contributed by atoms with Crippen LogP contribution in [0.3, 0.4) is 0 Å². The fraction of sp³-hybridized carbons (Fsp3) is 0.333. The Kier molecular flexibility index (Phi) is 8.72. The zero-order valence-corrected chi connectivity index (χ0v) is 15.9. The van der Waals surface area contributed by atoms with Gasteiger partial charge in [0, 0.05) is 5.56 Å². The van der Waals surface area contributed by atoms with Gasteiger partial charge in [-0.1, -0.05) is 61.5 Å². The summed E-state index contributed by atoms with van der Waals surface area (Å²) >= 11 is 0. The van der Waals surface area contributed by atoms with Crippen molar-refractivity contribution in [1.82, 2.24) is 0 Å². The summed E-state index contributed by atoms with van der Waals surface area (Å²) in [6.45, 7) is 5.56. The molecule has 0 unspecified atom stereocenters. The second-order valence-corrected chi connectivity index (χ2v) is 5.58. The molecular formula is C21H24F3NO2. The number of ketones is 1. The Morgan fingerprint density at radius 1 is 1.00 bits per heavy atom. The van der Waals surface area contributed by atoms with Gasteiger partial charge >= 0.3 is 6.18 Å². The molecule has 2 rings (SSSR count). The highest BCUT2D eigenvalue weighted by atomic mass is 19.4. The Hall–Kier alpha value is -2.63. The number of oxime groups is 1. The highest BCUT2D eigenvalue weighted by molar-refractivity contribution is 6.45. The van der Waals surface area contributed by atoms with Crippen LogP contribution in [0.1, 0.15) is 47.8 Å². The lowest BCUT2D eigenvalue weighted by Crippen LogP contribution is -2.10. The molecule has 0 radical (unpaired) electrons. The van der Waals surface area contributed by atoms with Gasteiger partial charge in [0.1, 0.15) is 12.8 Å². The number of benzene rings is 2. The van der Waals surface area contributed by atoms with E-state index in [9.17, 15) is 18.0 Å². The fourth-order valence-corrected chi connectivity index (χ4v) is 2.40. The highest BCUT2D eigenvalue weighted by Gasteiger charge is 2.30. The Morgan fingerprint density at radius 3 is 2.15 bits per heavy atom. The first kappa shape index (κ1) is 22.4. The molecule has 0 aliphatic carbocycles. The molecular weight excluding hydrogens is 355 g/mol. The predicted octanol–water partition coefficient (Wildman–Crippen LogP) is 5.72. The molecule has 0 bridgehead atoms. The van der Waals surface area contributed by atoms with Crippen molar-refractivity contribution in [2.45, 2.75) is 39.8 Å². The molecule has 0 aliphatic heterocycles. The van der Waals surface area contributed by atoms with Crippen LogP contribution in [0.4, 0.5) is 13.2 Å². The molecule has 2 aromatic rings. The number of Topliss-reactive ketones (excluding diaryl/α,β-unsaturated/α-hetero) is 1. The van der Waals surface area contributed by atoms with Crippen LogP contribution >= 0.6 is 0 Å². The molecule has 146 valence electrons. The van der Waals surface area contributed by atoms with E-state index < -0.39 is 11.7 Å². The average molecular weight is 379 g/mol. The van der Waals surface area contributed by atoms with Gasteiger partial charge in [0.2, 0.25) is 5.78 Å².